The second kappa shape index (κ2) is 9.03. The molecule has 4 nitrogen and oxygen atoms in total. The molecule has 0 saturated carbocycles. The molecule has 0 saturated heterocycles. The topological polar surface area (TPSA) is 44.2 Å². The van der Waals surface area contributed by atoms with Crippen molar-refractivity contribution in [1.82, 2.24) is 9.97 Å². The van der Waals surface area contributed by atoms with Crippen LogP contribution < -0.4 is 0 Å². The Bertz CT molecular complexity index is 740. The zero-order valence-electron chi connectivity index (χ0n) is 14.6. The van der Waals surface area contributed by atoms with E-state index in [0.29, 0.717) is 24.6 Å². The quantitative estimate of drug-likeness (QED) is 0.811. The van der Waals surface area contributed by atoms with Crippen LogP contribution in [0.25, 0.3) is 11.0 Å². The zero-order chi connectivity index (χ0) is 17.4. The molecule has 0 bridgehead atoms. The number of fused-ring (bicyclic) bond motifs is 1. The van der Waals surface area contributed by atoms with Crippen molar-refractivity contribution in [2.75, 3.05) is 13.2 Å². The highest BCUT2D eigenvalue weighted by Crippen LogP contribution is 2.12. The van der Waals surface area contributed by atoms with E-state index in [1.165, 1.54) is 0 Å². The summed E-state index contributed by atoms with van der Waals surface area (Å²) in [6.07, 6.45) is -0.321. The lowest BCUT2D eigenvalue weighted by molar-refractivity contribution is 0.116. The van der Waals surface area contributed by atoms with E-state index in [9.17, 15) is 0 Å². The monoisotopic (exact) mass is 322 g/mol. The highest BCUT2D eigenvalue weighted by atomic mass is 16.5. The van der Waals surface area contributed by atoms with Crippen LogP contribution in [0, 0.1) is 23.7 Å². The van der Waals surface area contributed by atoms with E-state index < -0.39 is 0 Å². The molecular formula is C20H22N2O2. The molecule has 0 N–H and O–H groups in total. The Morgan fingerprint density at radius 2 is 1.25 bits per heavy atom. The Kier molecular flexibility index (Phi) is 6.75. The van der Waals surface area contributed by atoms with Crippen molar-refractivity contribution in [3.8, 4) is 23.7 Å². The highest BCUT2D eigenvalue weighted by Gasteiger charge is 2.06. The van der Waals surface area contributed by atoms with Gasteiger partial charge >= 0.3 is 0 Å². The van der Waals surface area contributed by atoms with E-state index in [1.807, 2.05) is 52.0 Å². The molecule has 0 fully saturated rings. The fourth-order valence-electron chi connectivity index (χ4n) is 2.10. The average Bonchev–Trinajstić information content (AvgIpc) is 2.58. The van der Waals surface area contributed by atoms with E-state index in [-0.39, 0.29) is 12.2 Å². The summed E-state index contributed by atoms with van der Waals surface area (Å²) in [5.41, 5.74) is 2.73. The van der Waals surface area contributed by atoms with Crippen LogP contribution in [0.5, 0.6) is 0 Å². The SMILES string of the molecule is CCOC(C)C#Cc1nc2ccccc2nc1C#CC(C)OCC. The summed E-state index contributed by atoms with van der Waals surface area (Å²) < 4.78 is 10.9. The number of benzene rings is 1. The zero-order valence-corrected chi connectivity index (χ0v) is 14.6. The van der Waals surface area contributed by atoms with Crippen molar-refractivity contribution >= 4 is 11.0 Å². The first-order valence-corrected chi connectivity index (χ1v) is 8.17. The minimum Gasteiger partial charge on any atom is -0.366 e. The summed E-state index contributed by atoms with van der Waals surface area (Å²) in [4.78, 5) is 9.19. The van der Waals surface area contributed by atoms with Crippen LogP contribution in [-0.4, -0.2) is 35.4 Å². The molecule has 2 rings (SSSR count). The summed E-state index contributed by atoms with van der Waals surface area (Å²) in [7, 11) is 0. The minimum absolute atomic E-state index is 0.161. The molecular weight excluding hydrogens is 300 g/mol. The van der Waals surface area contributed by atoms with Crippen molar-refractivity contribution in [2.45, 2.75) is 39.9 Å². The van der Waals surface area contributed by atoms with Crippen LogP contribution in [0.4, 0.5) is 0 Å². The summed E-state index contributed by atoms with van der Waals surface area (Å²) >= 11 is 0. The molecule has 2 unspecified atom stereocenters. The fraction of sp³-hybridized carbons (Fsp3) is 0.400. The molecule has 0 aliphatic carbocycles. The van der Waals surface area contributed by atoms with Gasteiger partial charge in [-0.2, -0.15) is 0 Å². The smallest absolute Gasteiger partial charge is 0.148 e. The predicted octanol–water partition coefficient (Wildman–Crippen LogP) is 3.18. The molecule has 0 aliphatic rings. The third-order valence-electron chi connectivity index (χ3n) is 3.19. The number of para-hydroxylation sites is 2. The average molecular weight is 322 g/mol. The number of ether oxygens (including phenoxy) is 2. The van der Waals surface area contributed by atoms with Gasteiger partial charge in [0.15, 0.2) is 0 Å². The van der Waals surface area contributed by atoms with Crippen LogP contribution in [0.2, 0.25) is 0 Å². The van der Waals surface area contributed by atoms with Gasteiger partial charge in [-0.15, -0.1) is 0 Å². The van der Waals surface area contributed by atoms with Gasteiger partial charge in [-0.25, -0.2) is 9.97 Å². The molecule has 0 aliphatic heterocycles. The first kappa shape index (κ1) is 17.9. The molecule has 1 heterocycles. The molecule has 1 aromatic carbocycles. The molecule has 124 valence electrons. The maximum absolute atomic E-state index is 5.44. The van der Waals surface area contributed by atoms with Crippen LogP contribution in [0.3, 0.4) is 0 Å². The summed E-state index contributed by atoms with van der Waals surface area (Å²) in [6, 6.07) is 7.69. The fourth-order valence-corrected chi connectivity index (χ4v) is 2.10. The van der Waals surface area contributed by atoms with E-state index in [4.69, 9.17) is 9.47 Å². The Morgan fingerprint density at radius 3 is 1.62 bits per heavy atom. The van der Waals surface area contributed by atoms with Gasteiger partial charge in [0.1, 0.15) is 23.6 Å². The number of hydrogen-bond donors (Lipinski definition) is 0. The third-order valence-corrected chi connectivity index (χ3v) is 3.19. The second-order valence-electron chi connectivity index (χ2n) is 5.14. The van der Waals surface area contributed by atoms with Crippen molar-refractivity contribution in [2.24, 2.45) is 0 Å². The van der Waals surface area contributed by atoms with Crippen molar-refractivity contribution in [1.29, 1.82) is 0 Å². The molecule has 2 aromatic rings. The van der Waals surface area contributed by atoms with Gasteiger partial charge in [0.25, 0.3) is 0 Å². The molecule has 2 atom stereocenters. The molecule has 1 aromatic heterocycles. The predicted molar refractivity (Wildman–Crippen MR) is 95.5 cm³/mol. The largest absolute Gasteiger partial charge is 0.366 e. The van der Waals surface area contributed by atoms with E-state index in [0.717, 1.165) is 11.0 Å². The van der Waals surface area contributed by atoms with E-state index >= 15 is 0 Å². The maximum atomic E-state index is 5.44. The normalized spacial score (nSPS) is 12.7. The van der Waals surface area contributed by atoms with Crippen LogP contribution in [-0.2, 0) is 9.47 Å². The Labute approximate surface area is 143 Å². The first-order chi connectivity index (χ1) is 11.6. The third kappa shape index (κ3) is 5.06. The van der Waals surface area contributed by atoms with Crippen molar-refractivity contribution in [3.63, 3.8) is 0 Å². The second-order valence-corrected chi connectivity index (χ2v) is 5.14. The number of aromatic nitrogens is 2. The van der Waals surface area contributed by atoms with E-state index in [2.05, 4.69) is 33.6 Å². The number of rotatable bonds is 4. The minimum atomic E-state index is -0.161. The van der Waals surface area contributed by atoms with Crippen LogP contribution >= 0.6 is 0 Å². The molecule has 0 amide bonds. The summed E-state index contributed by atoms with van der Waals surface area (Å²) in [6.45, 7) is 8.95. The molecule has 0 spiro atoms. The maximum Gasteiger partial charge on any atom is 0.148 e. The van der Waals surface area contributed by atoms with Crippen LogP contribution in [0.1, 0.15) is 39.1 Å². The van der Waals surface area contributed by atoms with Gasteiger partial charge in [0.2, 0.25) is 0 Å². The van der Waals surface area contributed by atoms with Crippen LogP contribution in [0.15, 0.2) is 24.3 Å². The van der Waals surface area contributed by atoms with Gasteiger partial charge in [0, 0.05) is 13.2 Å². The lowest BCUT2D eigenvalue weighted by Crippen LogP contribution is -2.05. The molecule has 24 heavy (non-hydrogen) atoms. The highest BCUT2D eigenvalue weighted by molar-refractivity contribution is 5.75. The van der Waals surface area contributed by atoms with Gasteiger partial charge in [-0.05, 0) is 51.7 Å². The standard InChI is InChI=1S/C20H22N2O2/c1-5-23-15(3)11-13-19-20(14-12-16(4)24-6-2)22-18-10-8-7-9-17(18)21-19/h7-10,15-16H,5-6H2,1-4H3. The lowest BCUT2D eigenvalue weighted by atomic mass is 10.2. The summed E-state index contributed by atoms with van der Waals surface area (Å²) in [5, 5.41) is 0. The van der Waals surface area contributed by atoms with Crippen molar-refractivity contribution in [3.05, 3.63) is 35.7 Å². The van der Waals surface area contributed by atoms with Gasteiger partial charge in [-0.3, -0.25) is 0 Å². The first-order valence-electron chi connectivity index (χ1n) is 8.17. The van der Waals surface area contributed by atoms with Crippen molar-refractivity contribution < 1.29 is 9.47 Å². The Balaban J connectivity index is 2.43. The number of hydrogen-bond acceptors (Lipinski definition) is 4. The summed E-state index contributed by atoms with van der Waals surface area (Å²) in [5.74, 6) is 12.2. The Morgan fingerprint density at radius 1 is 0.833 bits per heavy atom. The van der Waals surface area contributed by atoms with Gasteiger partial charge in [0.05, 0.1) is 11.0 Å². The Hall–Kier alpha value is -2.40. The number of nitrogens with zero attached hydrogens (tertiary/aromatic N) is 2. The van der Waals surface area contributed by atoms with Gasteiger partial charge < -0.3 is 9.47 Å². The van der Waals surface area contributed by atoms with Gasteiger partial charge in [-0.1, -0.05) is 24.0 Å². The molecule has 4 heteroatoms. The van der Waals surface area contributed by atoms with E-state index in [1.54, 1.807) is 0 Å². The lowest BCUT2D eigenvalue weighted by Gasteiger charge is -2.04. The molecule has 0 radical (unpaired) electrons.